The maximum Gasteiger partial charge on any atom is 0.257 e. The van der Waals surface area contributed by atoms with Crippen LogP contribution in [0.3, 0.4) is 0 Å². The zero-order chi connectivity index (χ0) is 18.7. The Kier molecular flexibility index (Phi) is 5.06. The predicted molar refractivity (Wildman–Crippen MR) is 97.9 cm³/mol. The van der Waals surface area contributed by atoms with E-state index in [0.29, 0.717) is 37.3 Å². The zero-order valence-electron chi connectivity index (χ0n) is 15.6. The second-order valence-electron chi connectivity index (χ2n) is 7.52. The van der Waals surface area contributed by atoms with Gasteiger partial charge >= 0.3 is 0 Å². The van der Waals surface area contributed by atoms with Gasteiger partial charge in [-0.2, -0.15) is 5.10 Å². The fourth-order valence-electron chi connectivity index (χ4n) is 2.98. The number of hydrogen-bond acceptors (Lipinski definition) is 4. The molecule has 0 aliphatic carbocycles. The van der Waals surface area contributed by atoms with E-state index in [9.17, 15) is 9.59 Å². The second kappa shape index (κ2) is 7.27. The lowest BCUT2D eigenvalue weighted by Gasteiger charge is -2.22. The topological polar surface area (TPSA) is 71.3 Å². The summed E-state index contributed by atoms with van der Waals surface area (Å²) >= 11 is 0. The van der Waals surface area contributed by atoms with Crippen LogP contribution in [0.4, 0.5) is 0 Å². The van der Waals surface area contributed by atoms with Crippen LogP contribution < -0.4 is 0 Å². The molecule has 0 aromatic carbocycles. The molecule has 1 aliphatic heterocycles. The van der Waals surface area contributed by atoms with Gasteiger partial charge in [-0.1, -0.05) is 0 Å². The van der Waals surface area contributed by atoms with Gasteiger partial charge in [0, 0.05) is 50.3 Å². The Morgan fingerprint density at radius 3 is 2.04 bits per heavy atom. The molecular formula is C19H25N5O2. The molecular weight excluding hydrogens is 330 g/mol. The van der Waals surface area contributed by atoms with Crippen molar-refractivity contribution in [2.45, 2.75) is 32.7 Å². The van der Waals surface area contributed by atoms with Gasteiger partial charge in [0.2, 0.25) is 0 Å². The molecule has 138 valence electrons. The molecule has 0 spiro atoms. The van der Waals surface area contributed by atoms with Crippen LogP contribution in [0.15, 0.2) is 36.9 Å². The van der Waals surface area contributed by atoms with Crippen molar-refractivity contribution in [2.75, 3.05) is 26.2 Å². The van der Waals surface area contributed by atoms with Crippen molar-refractivity contribution in [1.29, 1.82) is 0 Å². The molecule has 0 saturated carbocycles. The first kappa shape index (κ1) is 18.1. The summed E-state index contributed by atoms with van der Waals surface area (Å²) < 4.78 is 1.80. The number of nitrogens with zero attached hydrogens (tertiary/aromatic N) is 5. The molecule has 7 heteroatoms. The van der Waals surface area contributed by atoms with E-state index in [4.69, 9.17) is 0 Å². The molecule has 1 saturated heterocycles. The molecule has 1 fully saturated rings. The Morgan fingerprint density at radius 1 is 0.923 bits per heavy atom. The van der Waals surface area contributed by atoms with Gasteiger partial charge in [0.1, 0.15) is 0 Å². The molecule has 2 aromatic heterocycles. The summed E-state index contributed by atoms with van der Waals surface area (Å²) in [5.41, 5.74) is 1.06. The summed E-state index contributed by atoms with van der Waals surface area (Å²) in [6, 6.07) is 3.44. The number of hydrogen-bond donors (Lipinski definition) is 0. The Bertz CT molecular complexity index is 779. The van der Waals surface area contributed by atoms with Gasteiger partial charge < -0.3 is 9.80 Å². The smallest absolute Gasteiger partial charge is 0.257 e. The van der Waals surface area contributed by atoms with Crippen LogP contribution in [0.2, 0.25) is 0 Å². The third kappa shape index (κ3) is 3.92. The standard InChI is InChI=1S/C19H25N5O2/c1-19(2,3)24-14-16(13-21-24)18(26)23-10-4-9-22(11-12-23)17(25)15-5-7-20-8-6-15/h5-8,13-14H,4,9-12H2,1-3H3. The lowest BCUT2D eigenvalue weighted by Crippen LogP contribution is -2.37. The molecule has 0 N–H and O–H groups in total. The van der Waals surface area contributed by atoms with Gasteiger partial charge in [-0.25, -0.2) is 0 Å². The molecule has 0 atom stereocenters. The molecule has 2 amide bonds. The van der Waals surface area contributed by atoms with Crippen molar-refractivity contribution in [3.63, 3.8) is 0 Å². The molecule has 1 aliphatic rings. The monoisotopic (exact) mass is 355 g/mol. The van der Waals surface area contributed by atoms with Crippen molar-refractivity contribution in [1.82, 2.24) is 24.6 Å². The fourth-order valence-corrected chi connectivity index (χ4v) is 2.98. The van der Waals surface area contributed by atoms with Gasteiger partial charge in [0.25, 0.3) is 11.8 Å². The summed E-state index contributed by atoms with van der Waals surface area (Å²) in [4.78, 5) is 33.0. The number of carbonyl (C=O) groups is 2. The van der Waals surface area contributed by atoms with Crippen molar-refractivity contribution in [3.8, 4) is 0 Å². The van der Waals surface area contributed by atoms with Crippen molar-refractivity contribution < 1.29 is 9.59 Å². The number of aromatic nitrogens is 3. The average Bonchev–Trinajstić information content (AvgIpc) is 3.01. The summed E-state index contributed by atoms with van der Waals surface area (Å²) in [6.45, 7) is 8.47. The molecule has 0 unspecified atom stereocenters. The maximum absolute atomic E-state index is 12.8. The number of rotatable bonds is 2. The van der Waals surface area contributed by atoms with Gasteiger partial charge in [0.05, 0.1) is 17.3 Å². The maximum atomic E-state index is 12.8. The summed E-state index contributed by atoms with van der Waals surface area (Å²) in [7, 11) is 0. The predicted octanol–water partition coefficient (Wildman–Crippen LogP) is 2.02. The second-order valence-corrected chi connectivity index (χ2v) is 7.52. The zero-order valence-corrected chi connectivity index (χ0v) is 15.6. The van der Waals surface area contributed by atoms with E-state index in [1.807, 2.05) is 25.7 Å². The molecule has 7 nitrogen and oxygen atoms in total. The minimum atomic E-state index is -0.162. The van der Waals surface area contributed by atoms with Crippen LogP contribution in [-0.4, -0.2) is 62.6 Å². The highest BCUT2D eigenvalue weighted by Crippen LogP contribution is 2.16. The van der Waals surface area contributed by atoms with Crippen LogP contribution in [0.25, 0.3) is 0 Å². The first-order valence-corrected chi connectivity index (χ1v) is 8.90. The SMILES string of the molecule is CC(C)(C)n1cc(C(=O)N2CCCN(C(=O)c3ccncc3)CC2)cn1. The van der Waals surface area contributed by atoms with Crippen LogP contribution in [-0.2, 0) is 5.54 Å². The Hall–Kier alpha value is -2.70. The lowest BCUT2D eigenvalue weighted by atomic mass is 10.1. The third-order valence-electron chi connectivity index (χ3n) is 4.51. The molecule has 0 bridgehead atoms. The largest absolute Gasteiger partial charge is 0.337 e. The average molecular weight is 355 g/mol. The Labute approximate surface area is 153 Å². The van der Waals surface area contributed by atoms with E-state index < -0.39 is 0 Å². The highest BCUT2D eigenvalue weighted by atomic mass is 16.2. The van der Waals surface area contributed by atoms with E-state index in [-0.39, 0.29) is 17.4 Å². The van der Waals surface area contributed by atoms with E-state index in [1.54, 1.807) is 46.5 Å². The van der Waals surface area contributed by atoms with Crippen LogP contribution in [0.5, 0.6) is 0 Å². The summed E-state index contributed by atoms with van der Waals surface area (Å²) in [5, 5.41) is 4.31. The number of amides is 2. The van der Waals surface area contributed by atoms with Gasteiger partial charge in [-0.15, -0.1) is 0 Å². The molecule has 0 radical (unpaired) electrons. The quantitative estimate of drug-likeness (QED) is 0.826. The first-order valence-electron chi connectivity index (χ1n) is 8.90. The summed E-state index contributed by atoms with van der Waals surface area (Å²) in [5.74, 6) is -0.0408. The van der Waals surface area contributed by atoms with Crippen molar-refractivity contribution >= 4 is 11.8 Å². The first-order chi connectivity index (χ1) is 12.4. The fraction of sp³-hybridized carbons (Fsp3) is 0.474. The van der Waals surface area contributed by atoms with Crippen molar-refractivity contribution in [2.24, 2.45) is 0 Å². The van der Waals surface area contributed by atoms with E-state index in [0.717, 1.165) is 6.42 Å². The minimum Gasteiger partial charge on any atom is -0.337 e. The van der Waals surface area contributed by atoms with Gasteiger partial charge in [-0.3, -0.25) is 19.3 Å². The van der Waals surface area contributed by atoms with E-state index >= 15 is 0 Å². The molecule has 2 aromatic rings. The lowest BCUT2D eigenvalue weighted by molar-refractivity contribution is 0.0718. The van der Waals surface area contributed by atoms with Crippen molar-refractivity contribution in [3.05, 3.63) is 48.0 Å². The molecule has 3 heterocycles. The Morgan fingerprint density at radius 2 is 1.50 bits per heavy atom. The minimum absolute atomic E-state index is 0.0118. The molecule has 26 heavy (non-hydrogen) atoms. The van der Waals surface area contributed by atoms with Gasteiger partial charge in [-0.05, 0) is 39.3 Å². The highest BCUT2D eigenvalue weighted by Gasteiger charge is 2.25. The van der Waals surface area contributed by atoms with Gasteiger partial charge in [0.15, 0.2) is 0 Å². The number of carbonyl (C=O) groups excluding carboxylic acids is 2. The summed E-state index contributed by atoms with van der Waals surface area (Å²) in [6.07, 6.45) is 7.42. The Balaban J connectivity index is 1.66. The van der Waals surface area contributed by atoms with E-state index in [2.05, 4.69) is 10.1 Å². The van der Waals surface area contributed by atoms with E-state index in [1.165, 1.54) is 0 Å². The number of pyridine rings is 1. The third-order valence-corrected chi connectivity index (χ3v) is 4.51. The normalized spacial score (nSPS) is 15.7. The van der Waals surface area contributed by atoms with Crippen LogP contribution >= 0.6 is 0 Å². The van der Waals surface area contributed by atoms with Crippen LogP contribution in [0.1, 0.15) is 47.9 Å². The molecule has 3 rings (SSSR count). The van der Waals surface area contributed by atoms with Crippen LogP contribution in [0, 0.1) is 0 Å². The highest BCUT2D eigenvalue weighted by molar-refractivity contribution is 5.95.